The standard InChI is InChI=1S/C6H10N2O2S/c7-6(8)11-4-2-1-3(4)5(9)10/h3-4H,1-2H2,(H3,7,8)(H,9,10)/t3-,4+/m0/s1. The quantitative estimate of drug-likeness (QED) is 0.419. The van der Waals surface area contributed by atoms with Crippen LogP contribution in [0.2, 0.25) is 0 Å². The molecule has 0 aromatic rings. The summed E-state index contributed by atoms with van der Waals surface area (Å²) in [6.07, 6.45) is 1.58. The molecule has 0 heterocycles. The van der Waals surface area contributed by atoms with Gasteiger partial charge in [0.15, 0.2) is 5.17 Å². The van der Waals surface area contributed by atoms with Gasteiger partial charge in [-0.25, -0.2) is 0 Å². The Morgan fingerprint density at radius 1 is 1.64 bits per heavy atom. The molecule has 0 aliphatic heterocycles. The normalized spacial score (nSPS) is 29.1. The molecule has 0 aromatic heterocycles. The van der Waals surface area contributed by atoms with Gasteiger partial charge in [-0.2, -0.15) is 0 Å². The highest BCUT2D eigenvalue weighted by molar-refractivity contribution is 8.14. The smallest absolute Gasteiger partial charge is 0.307 e. The number of carboxylic acids is 1. The predicted molar refractivity (Wildman–Crippen MR) is 43.7 cm³/mol. The molecule has 4 nitrogen and oxygen atoms in total. The van der Waals surface area contributed by atoms with Gasteiger partial charge >= 0.3 is 5.97 Å². The van der Waals surface area contributed by atoms with Crippen LogP contribution in [0.5, 0.6) is 0 Å². The Bertz CT molecular complexity index is 195. The topological polar surface area (TPSA) is 87.2 Å². The van der Waals surface area contributed by atoms with Crippen LogP contribution in [0, 0.1) is 11.3 Å². The van der Waals surface area contributed by atoms with E-state index in [4.69, 9.17) is 16.2 Å². The van der Waals surface area contributed by atoms with Crippen LogP contribution in [-0.4, -0.2) is 21.5 Å². The molecule has 1 rings (SSSR count). The minimum absolute atomic E-state index is 0.0148. The zero-order valence-electron chi connectivity index (χ0n) is 5.91. The van der Waals surface area contributed by atoms with Crippen molar-refractivity contribution in [2.24, 2.45) is 11.7 Å². The first-order valence-corrected chi connectivity index (χ1v) is 4.22. The molecule has 1 aliphatic rings. The number of nitrogens with one attached hydrogen (secondary N) is 1. The number of nitrogens with two attached hydrogens (primary N) is 1. The summed E-state index contributed by atoms with van der Waals surface area (Å²) in [5.41, 5.74) is 5.12. The number of hydrogen-bond donors (Lipinski definition) is 3. The maximum atomic E-state index is 10.4. The lowest BCUT2D eigenvalue weighted by molar-refractivity contribution is -0.144. The van der Waals surface area contributed by atoms with Crippen molar-refractivity contribution in [1.82, 2.24) is 0 Å². The molecular weight excluding hydrogens is 164 g/mol. The number of thioether (sulfide) groups is 1. The summed E-state index contributed by atoms with van der Waals surface area (Å²) in [6.45, 7) is 0. The lowest BCUT2D eigenvalue weighted by Gasteiger charge is -2.31. The SMILES string of the molecule is N=C(N)S[C@@H]1CC[C@@H]1C(=O)O. The van der Waals surface area contributed by atoms with Gasteiger partial charge in [-0.15, -0.1) is 0 Å². The molecular formula is C6H10N2O2S. The highest BCUT2D eigenvalue weighted by Crippen LogP contribution is 2.37. The van der Waals surface area contributed by atoms with Crippen molar-refractivity contribution in [3.63, 3.8) is 0 Å². The highest BCUT2D eigenvalue weighted by atomic mass is 32.2. The Morgan fingerprint density at radius 2 is 2.27 bits per heavy atom. The number of carboxylic acid groups (broad SMARTS) is 1. The minimum Gasteiger partial charge on any atom is -0.481 e. The largest absolute Gasteiger partial charge is 0.481 e. The fraction of sp³-hybridized carbons (Fsp3) is 0.667. The molecule has 11 heavy (non-hydrogen) atoms. The van der Waals surface area contributed by atoms with E-state index in [2.05, 4.69) is 0 Å². The average Bonchev–Trinajstić information content (AvgIpc) is 1.78. The van der Waals surface area contributed by atoms with Crippen LogP contribution >= 0.6 is 11.8 Å². The van der Waals surface area contributed by atoms with Crippen LogP contribution in [-0.2, 0) is 4.79 Å². The van der Waals surface area contributed by atoms with E-state index in [9.17, 15) is 4.79 Å². The van der Waals surface area contributed by atoms with Crippen molar-refractivity contribution in [1.29, 1.82) is 5.41 Å². The Hall–Kier alpha value is -0.710. The van der Waals surface area contributed by atoms with E-state index in [0.717, 1.165) is 24.6 Å². The fourth-order valence-corrected chi connectivity index (χ4v) is 2.05. The first kappa shape index (κ1) is 8.39. The zero-order valence-corrected chi connectivity index (χ0v) is 6.73. The lowest BCUT2D eigenvalue weighted by Crippen LogP contribution is -2.36. The summed E-state index contributed by atoms with van der Waals surface area (Å²) >= 11 is 1.16. The molecule has 1 aliphatic carbocycles. The molecule has 1 saturated carbocycles. The van der Waals surface area contributed by atoms with Gasteiger partial charge in [-0.05, 0) is 12.8 Å². The molecule has 2 atom stereocenters. The summed E-state index contributed by atoms with van der Waals surface area (Å²) in [4.78, 5) is 10.4. The van der Waals surface area contributed by atoms with Gasteiger partial charge in [-0.3, -0.25) is 10.2 Å². The van der Waals surface area contributed by atoms with Crippen LogP contribution in [0.25, 0.3) is 0 Å². The van der Waals surface area contributed by atoms with E-state index in [0.29, 0.717) is 0 Å². The van der Waals surface area contributed by atoms with Gasteiger partial charge in [0.1, 0.15) is 0 Å². The Labute approximate surface area is 68.7 Å². The lowest BCUT2D eigenvalue weighted by atomic mass is 9.85. The summed E-state index contributed by atoms with van der Waals surface area (Å²) < 4.78 is 0. The number of hydrogen-bond acceptors (Lipinski definition) is 3. The van der Waals surface area contributed by atoms with Gasteiger partial charge in [-0.1, -0.05) is 11.8 Å². The summed E-state index contributed by atoms with van der Waals surface area (Å²) in [6, 6.07) is 0. The fourth-order valence-electron chi connectivity index (χ4n) is 1.06. The number of carbonyl (C=O) groups is 1. The molecule has 1 fully saturated rings. The molecule has 0 amide bonds. The Morgan fingerprint density at radius 3 is 2.55 bits per heavy atom. The van der Waals surface area contributed by atoms with Crippen LogP contribution < -0.4 is 5.73 Å². The first-order chi connectivity index (χ1) is 5.11. The Kier molecular flexibility index (Phi) is 2.38. The average molecular weight is 174 g/mol. The van der Waals surface area contributed by atoms with E-state index in [1.807, 2.05) is 0 Å². The number of rotatable bonds is 2. The number of aliphatic carboxylic acids is 1. The summed E-state index contributed by atoms with van der Waals surface area (Å²) in [5, 5.41) is 15.6. The van der Waals surface area contributed by atoms with Crippen molar-refractivity contribution in [3.8, 4) is 0 Å². The minimum atomic E-state index is -0.769. The second-order valence-electron chi connectivity index (χ2n) is 2.54. The molecule has 5 heteroatoms. The van der Waals surface area contributed by atoms with E-state index >= 15 is 0 Å². The van der Waals surface area contributed by atoms with Crippen molar-refractivity contribution in [2.45, 2.75) is 18.1 Å². The predicted octanol–water partition coefficient (Wildman–Crippen LogP) is 0.476. The molecule has 0 radical (unpaired) electrons. The molecule has 0 saturated heterocycles. The molecule has 62 valence electrons. The van der Waals surface area contributed by atoms with Crippen molar-refractivity contribution >= 4 is 22.9 Å². The third kappa shape index (κ3) is 1.86. The maximum absolute atomic E-state index is 10.4. The number of amidine groups is 1. The molecule has 0 spiro atoms. The van der Waals surface area contributed by atoms with Gasteiger partial charge in [0.25, 0.3) is 0 Å². The van der Waals surface area contributed by atoms with Crippen LogP contribution in [0.3, 0.4) is 0 Å². The van der Waals surface area contributed by atoms with Crippen molar-refractivity contribution in [2.75, 3.05) is 0 Å². The first-order valence-electron chi connectivity index (χ1n) is 3.34. The maximum Gasteiger partial charge on any atom is 0.307 e. The van der Waals surface area contributed by atoms with E-state index in [1.54, 1.807) is 0 Å². The van der Waals surface area contributed by atoms with Gasteiger partial charge in [0, 0.05) is 5.25 Å². The second kappa shape index (κ2) is 3.13. The molecule has 4 N–H and O–H groups in total. The van der Waals surface area contributed by atoms with Gasteiger partial charge in [0.05, 0.1) is 5.92 Å². The van der Waals surface area contributed by atoms with E-state index in [1.165, 1.54) is 0 Å². The van der Waals surface area contributed by atoms with Gasteiger partial charge < -0.3 is 10.8 Å². The van der Waals surface area contributed by atoms with Crippen LogP contribution in [0.15, 0.2) is 0 Å². The summed E-state index contributed by atoms with van der Waals surface area (Å²) in [5.74, 6) is -1.06. The van der Waals surface area contributed by atoms with E-state index in [-0.39, 0.29) is 16.3 Å². The second-order valence-corrected chi connectivity index (χ2v) is 3.82. The van der Waals surface area contributed by atoms with Gasteiger partial charge in [0.2, 0.25) is 0 Å². The summed E-state index contributed by atoms with van der Waals surface area (Å²) in [7, 11) is 0. The van der Waals surface area contributed by atoms with Crippen LogP contribution in [0.1, 0.15) is 12.8 Å². The molecule has 0 unspecified atom stereocenters. The van der Waals surface area contributed by atoms with Crippen molar-refractivity contribution < 1.29 is 9.90 Å². The third-order valence-corrected chi connectivity index (χ3v) is 2.93. The van der Waals surface area contributed by atoms with Crippen molar-refractivity contribution in [3.05, 3.63) is 0 Å². The van der Waals surface area contributed by atoms with Crippen LogP contribution in [0.4, 0.5) is 0 Å². The zero-order chi connectivity index (χ0) is 8.43. The van der Waals surface area contributed by atoms with E-state index < -0.39 is 5.97 Å². The Balaban J connectivity index is 2.37. The monoisotopic (exact) mass is 174 g/mol. The third-order valence-electron chi connectivity index (χ3n) is 1.81. The molecule has 0 aromatic carbocycles. The highest BCUT2D eigenvalue weighted by Gasteiger charge is 2.37. The molecule has 0 bridgehead atoms.